The maximum absolute atomic E-state index is 13.0. The summed E-state index contributed by atoms with van der Waals surface area (Å²) in [6, 6.07) is 10.4. The topological polar surface area (TPSA) is 59.2 Å². The van der Waals surface area contributed by atoms with Crippen molar-refractivity contribution in [2.75, 3.05) is 6.54 Å². The van der Waals surface area contributed by atoms with E-state index in [2.05, 4.69) is 10.2 Å². The van der Waals surface area contributed by atoms with Gasteiger partial charge in [0.2, 0.25) is 17.7 Å². The molecule has 0 N–H and O–H groups in total. The van der Waals surface area contributed by atoms with Gasteiger partial charge in [0.05, 0.1) is 27.7 Å². The van der Waals surface area contributed by atoms with Crippen LogP contribution in [0.3, 0.4) is 0 Å². The molecule has 0 spiro atoms. The van der Waals surface area contributed by atoms with Crippen LogP contribution in [0.1, 0.15) is 30.4 Å². The van der Waals surface area contributed by atoms with Crippen LogP contribution >= 0.6 is 23.2 Å². The van der Waals surface area contributed by atoms with Crippen molar-refractivity contribution in [1.29, 1.82) is 0 Å². The molecule has 0 atom stereocenters. The fourth-order valence-corrected chi connectivity index (χ4v) is 3.34. The first kappa shape index (κ1) is 23.8. The van der Waals surface area contributed by atoms with E-state index in [0.717, 1.165) is 12.1 Å². The first-order valence-corrected chi connectivity index (χ1v) is 10.4. The summed E-state index contributed by atoms with van der Waals surface area (Å²) >= 11 is 11.8. The van der Waals surface area contributed by atoms with E-state index in [0.29, 0.717) is 23.6 Å². The lowest BCUT2D eigenvalue weighted by Crippen LogP contribution is -2.29. The molecule has 0 saturated heterocycles. The van der Waals surface area contributed by atoms with E-state index in [9.17, 15) is 18.0 Å². The highest BCUT2D eigenvalue weighted by molar-refractivity contribution is 6.33. The molecule has 0 aliphatic rings. The van der Waals surface area contributed by atoms with Crippen molar-refractivity contribution in [3.8, 4) is 11.5 Å². The lowest BCUT2D eigenvalue weighted by atomic mass is 10.1. The second-order valence-corrected chi connectivity index (χ2v) is 7.63. The van der Waals surface area contributed by atoms with Gasteiger partial charge >= 0.3 is 6.18 Å². The minimum atomic E-state index is -4.59. The maximum Gasteiger partial charge on any atom is 0.417 e. The molecular weight excluding hydrogens is 466 g/mol. The lowest BCUT2D eigenvalue weighted by molar-refractivity contribution is -0.137. The Bertz CT molecular complexity index is 1130. The van der Waals surface area contributed by atoms with Crippen LogP contribution in [-0.2, 0) is 17.5 Å². The second kappa shape index (κ2) is 10.2. The van der Waals surface area contributed by atoms with Crippen LogP contribution in [-0.4, -0.2) is 27.5 Å². The van der Waals surface area contributed by atoms with E-state index < -0.39 is 22.7 Å². The Kier molecular flexibility index (Phi) is 7.58. The van der Waals surface area contributed by atoms with Gasteiger partial charge in [-0.1, -0.05) is 48.3 Å². The first-order chi connectivity index (χ1) is 15.2. The summed E-state index contributed by atoms with van der Waals surface area (Å²) in [4.78, 5) is 14.1. The van der Waals surface area contributed by atoms with Gasteiger partial charge in [-0.25, -0.2) is 0 Å². The Morgan fingerprint density at radius 2 is 1.88 bits per heavy atom. The SMILES string of the molecule is CCCN(Cc1nnc(-c2ccccc2Cl)o1)C(=O)/C=C/c1ccc(Cl)c(C(F)(F)F)c1. The van der Waals surface area contributed by atoms with Crippen molar-refractivity contribution in [2.24, 2.45) is 0 Å². The lowest BCUT2D eigenvalue weighted by Gasteiger charge is -2.18. The molecule has 3 aromatic rings. The summed E-state index contributed by atoms with van der Waals surface area (Å²) in [5.74, 6) is 0.0275. The normalized spacial score (nSPS) is 11.8. The van der Waals surface area contributed by atoms with Crippen LogP contribution in [0, 0.1) is 0 Å². The smallest absolute Gasteiger partial charge is 0.417 e. The third-order valence-electron chi connectivity index (χ3n) is 4.42. The quantitative estimate of drug-likeness (QED) is 0.359. The number of halogens is 5. The molecule has 0 fully saturated rings. The zero-order valence-corrected chi connectivity index (χ0v) is 18.4. The van der Waals surface area contributed by atoms with Gasteiger partial charge in [-0.3, -0.25) is 4.79 Å². The van der Waals surface area contributed by atoms with E-state index in [1.807, 2.05) is 6.92 Å². The molecule has 168 valence electrons. The summed E-state index contributed by atoms with van der Waals surface area (Å²) in [7, 11) is 0. The third-order valence-corrected chi connectivity index (χ3v) is 5.08. The molecule has 0 aliphatic heterocycles. The van der Waals surface area contributed by atoms with Crippen molar-refractivity contribution in [2.45, 2.75) is 26.1 Å². The molecule has 3 rings (SSSR count). The van der Waals surface area contributed by atoms with E-state index in [4.69, 9.17) is 27.6 Å². The van der Waals surface area contributed by atoms with Crippen molar-refractivity contribution in [1.82, 2.24) is 15.1 Å². The van der Waals surface area contributed by atoms with Crippen LogP contribution in [0.2, 0.25) is 10.0 Å². The van der Waals surface area contributed by atoms with Crippen molar-refractivity contribution < 1.29 is 22.4 Å². The Morgan fingerprint density at radius 1 is 1.12 bits per heavy atom. The van der Waals surface area contributed by atoms with Crippen LogP contribution < -0.4 is 0 Å². The molecular formula is C22H18Cl2F3N3O2. The summed E-state index contributed by atoms with van der Waals surface area (Å²) in [6.07, 6.45) is -1.43. The summed E-state index contributed by atoms with van der Waals surface area (Å²) in [6.45, 7) is 2.33. The third kappa shape index (κ3) is 5.89. The summed E-state index contributed by atoms with van der Waals surface area (Å²) in [5.41, 5.74) is -0.188. The summed E-state index contributed by atoms with van der Waals surface area (Å²) < 4.78 is 44.7. The highest BCUT2D eigenvalue weighted by Gasteiger charge is 2.33. The highest BCUT2D eigenvalue weighted by atomic mass is 35.5. The number of alkyl halides is 3. The molecule has 1 amide bonds. The zero-order chi connectivity index (χ0) is 23.3. The Labute approximate surface area is 192 Å². The van der Waals surface area contributed by atoms with E-state index >= 15 is 0 Å². The molecule has 2 aromatic carbocycles. The van der Waals surface area contributed by atoms with Gasteiger partial charge in [-0.2, -0.15) is 13.2 Å². The van der Waals surface area contributed by atoms with E-state index in [-0.39, 0.29) is 23.9 Å². The molecule has 1 aromatic heterocycles. The molecule has 32 heavy (non-hydrogen) atoms. The Morgan fingerprint density at radius 3 is 2.56 bits per heavy atom. The molecule has 0 radical (unpaired) electrons. The Balaban J connectivity index is 1.75. The van der Waals surface area contributed by atoms with Crippen molar-refractivity contribution in [3.05, 3.63) is 75.6 Å². The fraction of sp³-hybridized carbons (Fsp3) is 0.227. The second-order valence-electron chi connectivity index (χ2n) is 6.81. The zero-order valence-electron chi connectivity index (χ0n) is 16.9. The van der Waals surface area contributed by atoms with Gasteiger partial charge in [-0.05, 0) is 42.3 Å². The number of hydrogen-bond acceptors (Lipinski definition) is 4. The van der Waals surface area contributed by atoms with Crippen LogP contribution in [0.4, 0.5) is 13.2 Å². The van der Waals surface area contributed by atoms with E-state index in [1.165, 1.54) is 23.1 Å². The first-order valence-electron chi connectivity index (χ1n) is 9.60. The van der Waals surface area contributed by atoms with Crippen LogP contribution in [0.25, 0.3) is 17.5 Å². The van der Waals surface area contributed by atoms with Gasteiger partial charge in [0.15, 0.2) is 0 Å². The predicted octanol–water partition coefficient (Wildman–Crippen LogP) is 6.51. The summed E-state index contributed by atoms with van der Waals surface area (Å²) in [5, 5.41) is 8.00. The molecule has 0 bridgehead atoms. The Hall–Kier alpha value is -2.84. The fourth-order valence-electron chi connectivity index (χ4n) is 2.90. The number of benzene rings is 2. The molecule has 1 heterocycles. The number of aromatic nitrogens is 2. The molecule has 5 nitrogen and oxygen atoms in total. The average Bonchev–Trinajstić information content (AvgIpc) is 3.20. The largest absolute Gasteiger partial charge is 0.419 e. The minimum Gasteiger partial charge on any atom is -0.419 e. The van der Waals surface area contributed by atoms with Gasteiger partial charge in [0.25, 0.3) is 0 Å². The standard InChI is InChI=1S/C22H18Cl2F3N3O2/c1-2-11-30(13-19-28-29-21(32-19)15-5-3-4-6-17(15)23)20(31)10-8-14-7-9-18(24)16(12-14)22(25,26)27/h3-10,12H,2,11,13H2,1H3/b10-8+. The maximum atomic E-state index is 13.0. The van der Waals surface area contributed by atoms with Gasteiger partial charge in [-0.15, -0.1) is 10.2 Å². The number of amides is 1. The number of hydrogen-bond donors (Lipinski definition) is 0. The monoisotopic (exact) mass is 483 g/mol. The average molecular weight is 484 g/mol. The van der Waals surface area contributed by atoms with Crippen molar-refractivity contribution in [3.63, 3.8) is 0 Å². The molecule has 0 unspecified atom stereocenters. The van der Waals surface area contributed by atoms with Crippen LogP contribution in [0.15, 0.2) is 53.0 Å². The molecule has 0 saturated carbocycles. The van der Waals surface area contributed by atoms with E-state index in [1.54, 1.807) is 24.3 Å². The van der Waals surface area contributed by atoms with Crippen LogP contribution in [0.5, 0.6) is 0 Å². The van der Waals surface area contributed by atoms with Gasteiger partial charge in [0, 0.05) is 12.6 Å². The number of rotatable bonds is 7. The van der Waals surface area contributed by atoms with Crippen molar-refractivity contribution >= 4 is 35.2 Å². The number of carbonyl (C=O) groups is 1. The molecule has 0 aliphatic carbocycles. The number of carbonyl (C=O) groups excluding carboxylic acids is 1. The predicted molar refractivity (Wildman–Crippen MR) is 116 cm³/mol. The molecule has 10 heteroatoms. The van der Waals surface area contributed by atoms with Gasteiger partial charge in [0.1, 0.15) is 0 Å². The minimum absolute atomic E-state index is 0.0445. The van der Waals surface area contributed by atoms with Gasteiger partial charge < -0.3 is 9.32 Å². The number of nitrogens with zero attached hydrogens (tertiary/aromatic N) is 3. The highest BCUT2D eigenvalue weighted by Crippen LogP contribution is 2.35.